The maximum absolute atomic E-state index is 13.0. The second kappa shape index (κ2) is 7.61. The number of aryl methyl sites for hydroxylation is 1. The Morgan fingerprint density at radius 3 is 2.85 bits per heavy atom. The summed E-state index contributed by atoms with van der Waals surface area (Å²) in [7, 11) is 3.50. The molecule has 0 radical (unpaired) electrons. The van der Waals surface area contributed by atoms with Crippen LogP contribution in [0.3, 0.4) is 0 Å². The van der Waals surface area contributed by atoms with Crippen LogP contribution in [0.4, 0.5) is 4.39 Å². The van der Waals surface area contributed by atoms with Gasteiger partial charge in [0.25, 0.3) is 5.91 Å². The number of aromatic nitrogens is 2. The van der Waals surface area contributed by atoms with Gasteiger partial charge in [0.1, 0.15) is 23.9 Å². The van der Waals surface area contributed by atoms with Crippen LogP contribution < -0.4 is 4.74 Å². The van der Waals surface area contributed by atoms with E-state index in [1.54, 1.807) is 30.1 Å². The summed E-state index contributed by atoms with van der Waals surface area (Å²) in [6, 6.07) is 8.95. The van der Waals surface area contributed by atoms with Gasteiger partial charge in [-0.15, -0.1) is 0 Å². The molecule has 0 atom stereocenters. The molecule has 0 spiro atoms. The molecular weight excluding hydrogens is 361 g/mol. The summed E-state index contributed by atoms with van der Waals surface area (Å²) in [5.74, 6) is 0.314. The molecule has 1 aromatic carbocycles. The number of furan rings is 1. The number of amides is 1. The normalized spacial score (nSPS) is 10.8. The van der Waals surface area contributed by atoms with Crippen molar-refractivity contribution in [3.8, 4) is 5.75 Å². The summed E-state index contributed by atoms with van der Waals surface area (Å²) in [5, 5.41) is 4.25. The van der Waals surface area contributed by atoms with Crippen LogP contribution in [0.5, 0.6) is 5.75 Å². The first kappa shape index (κ1) is 18.0. The number of rotatable bonds is 6. The van der Waals surface area contributed by atoms with E-state index in [0.717, 1.165) is 5.69 Å². The first-order valence-electron chi connectivity index (χ1n) is 7.83. The van der Waals surface area contributed by atoms with Gasteiger partial charge in [0.05, 0.1) is 17.3 Å². The van der Waals surface area contributed by atoms with Gasteiger partial charge in [0.2, 0.25) is 0 Å². The third kappa shape index (κ3) is 4.05. The lowest BCUT2D eigenvalue weighted by Gasteiger charge is -2.15. The molecule has 0 fully saturated rings. The molecule has 0 aliphatic rings. The van der Waals surface area contributed by atoms with Crippen LogP contribution in [0.2, 0.25) is 5.02 Å². The van der Waals surface area contributed by atoms with Gasteiger partial charge < -0.3 is 14.1 Å². The van der Waals surface area contributed by atoms with Crippen molar-refractivity contribution in [2.45, 2.75) is 13.2 Å². The van der Waals surface area contributed by atoms with Crippen LogP contribution in [0.15, 0.2) is 47.0 Å². The van der Waals surface area contributed by atoms with E-state index in [9.17, 15) is 9.18 Å². The number of hydrogen-bond acceptors (Lipinski definition) is 4. The highest BCUT2D eigenvalue weighted by molar-refractivity contribution is 6.32. The van der Waals surface area contributed by atoms with Crippen molar-refractivity contribution < 1.29 is 18.3 Å². The first-order valence-corrected chi connectivity index (χ1v) is 8.21. The Morgan fingerprint density at radius 1 is 1.35 bits per heavy atom. The quantitative estimate of drug-likeness (QED) is 0.657. The maximum Gasteiger partial charge on any atom is 0.289 e. The highest BCUT2D eigenvalue weighted by atomic mass is 35.5. The predicted molar refractivity (Wildman–Crippen MR) is 93.5 cm³/mol. The molecule has 1 amide bonds. The maximum atomic E-state index is 13.0. The van der Waals surface area contributed by atoms with E-state index >= 15 is 0 Å². The molecule has 26 heavy (non-hydrogen) atoms. The number of carbonyl (C=O) groups is 1. The van der Waals surface area contributed by atoms with Crippen molar-refractivity contribution in [1.29, 1.82) is 0 Å². The van der Waals surface area contributed by atoms with E-state index in [1.807, 2.05) is 13.1 Å². The van der Waals surface area contributed by atoms with Crippen LogP contribution in [0, 0.1) is 5.82 Å². The molecule has 0 N–H and O–H groups in total. The van der Waals surface area contributed by atoms with Crippen LogP contribution >= 0.6 is 11.6 Å². The number of carbonyl (C=O) groups excluding carboxylic acids is 1. The van der Waals surface area contributed by atoms with Gasteiger partial charge >= 0.3 is 0 Å². The fourth-order valence-corrected chi connectivity index (χ4v) is 2.59. The largest absolute Gasteiger partial charge is 0.484 e. The molecule has 8 heteroatoms. The highest BCUT2D eigenvalue weighted by Crippen LogP contribution is 2.26. The Bertz CT molecular complexity index is 922. The molecule has 2 heterocycles. The van der Waals surface area contributed by atoms with Crippen molar-refractivity contribution in [3.05, 3.63) is 70.6 Å². The van der Waals surface area contributed by atoms with E-state index in [2.05, 4.69) is 5.10 Å². The van der Waals surface area contributed by atoms with Gasteiger partial charge in [-0.3, -0.25) is 9.48 Å². The minimum absolute atomic E-state index is 0.0735. The molecule has 3 rings (SSSR count). The minimum Gasteiger partial charge on any atom is -0.484 e. The Balaban J connectivity index is 1.61. The van der Waals surface area contributed by atoms with Crippen LogP contribution in [0.1, 0.15) is 22.0 Å². The summed E-state index contributed by atoms with van der Waals surface area (Å²) in [6.45, 7) is 0.483. The SMILES string of the molecule is CN(Cc1ccnn1C)C(=O)c1ccc(COc2ccc(F)cc2Cl)o1. The zero-order valence-corrected chi connectivity index (χ0v) is 15.0. The molecule has 0 aliphatic heterocycles. The summed E-state index contributed by atoms with van der Waals surface area (Å²) in [5.41, 5.74) is 0.905. The predicted octanol–water partition coefficient (Wildman–Crippen LogP) is 3.66. The second-order valence-electron chi connectivity index (χ2n) is 5.74. The first-order chi connectivity index (χ1) is 12.4. The van der Waals surface area contributed by atoms with Gasteiger partial charge in [-0.2, -0.15) is 5.10 Å². The van der Waals surface area contributed by atoms with Gasteiger partial charge in [0.15, 0.2) is 5.76 Å². The number of ether oxygens (including phenoxy) is 1. The van der Waals surface area contributed by atoms with Gasteiger partial charge in [0, 0.05) is 20.3 Å². The summed E-state index contributed by atoms with van der Waals surface area (Å²) < 4.78 is 25.8. The fraction of sp³-hybridized carbons (Fsp3) is 0.222. The van der Waals surface area contributed by atoms with Crippen molar-refractivity contribution in [2.75, 3.05) is 7.05 Å². The summed E-state index contributed by atoms with van der Waals surface area (Å²) in [4.78, 5) is 14.0. The fourth-order valence-electron chi connectivity index (χ4n) is 2.37. The summed E-state index contributed by atoms with van der Waals surface area (Å²) in [6.07, 6.45) is 1.68. The lowest BCUT2D eigenvalue weighted by Crippen LogP contribution is -2.26. The van der Waals surface area contributed by atoms with Crippen LogP contribution in [0.25, 0.3) is 0 Å². The van der Waals surface area contributed by atoms with Crippen molar-refractivity contribution >= 4 is 17.5 Å². The molecule has 2 aromatic heterocycles. The van der Waals surface area contributed by atoms with E-state index in [1.165, 1.54) is 23.1 Å². The lowest BCUT2D eigenvalue weighted by atomic mass is 10.3. The Labute approximate surface area is 154 Å². The van der Waals surface area contributed by atoms with Crippen molar-refractivity contribution in [3.63, 3.8) is 0 Å². The zero-order valence-electron chi connectivity index (χ0n) is 14.3. The van der Waals surface area contributed by atoms with E-state index in [4.69, 9.17) is 20.8 Å². The number of hydrogen-bond donors (Lipinski definition) is 0. The molecule has 0 aliphatic carbocycles. The number of halogens is 2. The second-order valence-corrected chi connectivity index (χ2v) is 6.14. The minimum atomic E-state index is -0.440. The Morgan fingerprint density at radius 2 is 2.15 bits per heavy atom. The zero-order chi connectivity index (χ0) is 18.7. The van der Waals surface area contributed by atoms with Crippen molar-refractivity contribution in [2.24, 2.45) is 7.05 Å². The average Bonchev–Trinajstić information content (AvgIpc) is 3.23. The van der Waals surface area contributed by atoms with Crippen LogP contribution in [-0.4, -0.2) is 27.6 Å². The average molecular weight is 378 g/mol. The van der Waals surface area contributed by atoms with E-state index in [-0.39, 0.29) is 23.3 Å². The summed E-state index contributed by atoms with van der Waals surface area (Å²) >= 11 is 5.91. The number of benzene rings is 1. The molecule has 6 nitrogen and oxygen atoms in total. The molecule has 3 aromatic rings. The lowest BCUT2D eigenvalue weighted by molar-refractivity contribution is 0.0746. The van der Waals surface area contributed by atoms with E-state index in [0.29, 0.717) is 18.1 Å². The van der Waals surface area contributed by atoms with Gasteiger partial charge in [-0.1, -0.05) is 11.6 Å². The Hall–Kier alpha value is -2.80. The van der Waals surface area contributed by atoms with Crippen molar-refractivity contribution in [1.82, 2.24) is 14.7 Å². The monoisotopic (exact) mass is 377 g/mol. The topological polar surface area (TPSA) is 60.5 Å². The molecule has 0 saturated heterocycles. The number of nitrogens with zero attached hydrogens (tertiary/aromatic N) is 3. The third-order valence-electron chi connectivity index (χ3n) is 3.80. The van der Waals surface area contributed by atoms with Crippen LogP contribution in [-0.2, 0) is 20.2 Å². The molecule has 0 unspecified atom stereocenters. The standard InChI is InChI=1S/C18H17ClFN3O3/c1-22(10-13-7-8-21-23(13)2)18(24)17-6-4-14(26-17)11-25-16-5-3-12(20)9-15(16)19/h3-9H,10-11H2,1-2H3. The van der Waals surface area contributed by atoms with Gasteiger partial charge in [-0.05, 0) is 36.4 Å². The molecule has 136 valence electrons. The molecule has 0 bridgehead atoms. The Kier molecular flexibility index (Phi) is 5.27. The van der Waals surface area contributed by atoms with Gasteiger partial charge in [-0.25, -0.2) is 4.39 Å². The smallest absolute Gasteiger partial charge is 0.289 e. The highest BCUT2D eigenvalue weighted by Gasteiger charge is 2.17. The molecule has 0 saturated carbocycles. The third-order valence-corrected chi connectivity index (χ3v) is 4.10. The van der Waals surface area contributed by atoms with E-state index < -0.39 is 5.82 Å². The molecular formula is C18H17ClFN3O3.